The van der Waals surface area contributed by atoms with E-state index in [9.17, 15) is 5.11 Å². The average Bonchev–Trinajstić information content (AvgIpc) is 3.08. The van der Waals surface area contributed by atoms with Crippen molar-refractivity contribution >= 4 is 21.0 Å². The Morgan fingerprint density at radius 2 is 1.77 bits per heavy atom. The van der Waals surface area contributed by atoms with Gasteiger partial charge in [0, 0.05) is 29.7 Å². The molecule has 35 heavy (non-hydrogen) atoms. The molecule has 0 radical (unpaired) electrons. The minimum Gasteiger partial charge on any atom is -0.351 e. The Hall–Kier alpha value is -1.10. The van der Waals surface area contributed by atoms with Gasteiger partial charge in [0.2, 0.25) is 0 Å². The molecule has 2 atom stereocenters. The molecule has 0 aromatic heterocycles. The van der Waals surface area contributed by atoms with Crippen LogP contribution in [0.3, 0.4) is 0 Å². The van der Waals surface area contributed by atoms with Crippen molar-refractivity contribution in [3.63, 3.8) is 0 Å². The molecule has 1 saturated heterocycles. The highest BCUT2D eigenvalue weighted by atomic mass is 32.1. The number of allylic oxidation sites excluding steroid dienone is 4. The number of rotatable bonds is 7. The second kappa shape index (κ2) is 15.2. The number of aliphatic hydroxyl groups is 1. The molecule has 1 saturated carbocycles. The van der Waals surface area contributed by atoms with Crippen molar-refractivity contribution in [1.29, 1.82) is 0 Å². The Morgan fingerprint density at radius 3 is 2.40 bits per heavy atom. The summed E-state index contributed by atoms with van der Waals surface area (Å²) in [5.41, 5.74) is 5.13. The van der Waals surface area contributed by atoms with Gasteiger partial charge in [0.15, 0.2) is 0 Å². The fourth-order valence-corrected chi connectivity index (χ4v) is 6.96. The number of quaternary nitrogens is 1. The summed E-state index contributed by atoms with van der Waals surface area (Å²) in [6.45, 7) is 17.8. The molecular formula is C31H55N2OS+. The van der Waals surface area contributed by atoms with Gasteiger partial charge < -0.3 is 14.9 Å². The van der Waals surface area contributed by atoms with Crippen LogP contribution in [0.25, 0.3) is 0 Å². The van der Waals surface area contributed by atoms with Crippen LogP contribution >= 0.6 is 10.9 Å². The average molecular weight is 504 g/mol. The Balaban J connectivity index is 0.00000210. The summed E-state index contributed by atoms with van der Waals surface area (Å²) >= 11 is 0. The maximum absolute atomic E-state index is 11.1. The fourth-order valence-electron chi connectivity index (χ4n) is 5.76. The number of nitrogens with zero attached hydrogens (tertiary/aromatic N) is 1. The zero-order valence-electron chi connectivity index (χ0n) is 24.2. The Bertz CT molecular complexity index is 838. The maximum Gasteiger partial charge on any atom is 0.132 e. The molecule has 3 rings (SSSR count). The molecule has 0 spiro atoms. The van der Waals surface area contributed by atoms with E-state index in [0.29, 0.717) is 17.0 Å². The molecule has 0 aromatic rings. The molecule has 2 fully saturated rings. The zero-order chi connectivity index (χ0) is 26.0. The van der Waals surface area contributed by atoms with Crippen molar-refractivity contribution in [2.45, 2.75) is 119 Å². The normalized spacial score (nSPS) is 28.9. The van der Waals surface area contributed by atoms with Crippen LogP contribution in [-0.2, 0) is 0 Å². The number of hydrogen-bond acceptors (Lipinski definition) is 1. The standard InChI is InChI=1S/C29H48N2OS.C2H6/c1-7-9-11-24(8-2)22(4)20-27-23(5)29(32)33-28(25-15-13-21(3)14-16-25)31(27)26-12-10-18-30(6)19-17-26;1-2/h11,20-21,25-26,32H,7-10,12-19H2,1-6H3;1-2H3/p+1/b22-20+,24-11+;. The van der Waals surface area contributed by atoms with Crippen molar-refractivity contribution in [2.24, 2.45) is 11.8 Å². The van der Waals surface area contributed by atoms with Gasteiger partial charge in [0.1, 0.15) is 5.05 Å². The van der Waals surface area contributed by atoms with E-state index < -0.39 is 0 Å². The van der Waals surface area contributed by atoms with Gasteiger partial charge >= 0.3 is 0 Å². The van der Waals surface area contributed by atoms with Gasteiger partial charge in [-0.15, -0.1) is 0 Å². The van der Waals surface area contributed by atoms with Crippen LogP contribution in [0, 0.1) is 11.8 Å². The first-order valence-electron chi connectivity index (χ1n) is 14.7. The zero-order valence-corrected chi connectivity index (χ0v) is 25.0. The highest BCUT2D eigenvalue weighted by molar-refractivity contribution is 7.98. The van der Waals surface area contributed by atoms with Gasteiger partial charge in [-0.2, -0.15) is 0 Å². The molecule has 2 aliphatic heterocycles. The van der Waals surface area contributed by atoms with Crippen LogP contribution in [0.4, 0.5) is 0 Å². The summed E-state index contributed by atoms with van der Waals surface area (Å²) < 4.78 is 0. The highest BCUT2D eigenvalue weighted by Gasteiger charge is 2.35. The summed E-state index contributed by atoms with van der Waals surface area (Å²) in [4.78, 5) is 5.81. The molecule has 0 aromatic carbocycles. The van der Waals surface area contributed by atoms with Gasteiger partial charge in [0.05, 0.1) is 25.1 Å². The van der Waals surface area contributed by atoms with E-state index in [-0.39, 0.29) is 0 Å². The summed E-state index contributed by atoms with van der Waals surface area (Å²) in [5.74, 6) is 1.42. The molecule has 2 heterocycles. The molecule has 0 bridgehead atoms. The third-order valence-corrected chi connectivity index (χ3v) is 9.34. The maximum atomic E-state index is 11.1. The lowest BCUT2D eigenvalue weighted by molar-refractivity contribution is -0.878. The van der Waals surface area contributed by atoms with Crippen molar-refractivity contribution in [3.8, 4) is 0 Å². The quantitative estimate of drug-likeness (QED) is 0.286. The number of aliphatic hydroxyl groups excluding tert-OH is 1. The van der Waals surface area contributed by atoms with Crippen LogP contribution < -0.4 is 4.90 Å². The lowest BCUT2D eigenvalue weighted by Crippen LogP contribution is -3.08. The predicted molar refractivity (Wildman–Crippen MR) is 159 cm³/mol. The molecule has 0 amide bonds. The number of likely N-dealkylation sites (tertiary alicyclic amines) is 1. The number of unbranched alkanes of at least 4 members (excludes halogenated alkanes) is 1. The Morgan fingerprint density at radius 1 is 1.09 bits per heavy atom. The van der Waals surface area contributed by atoms with Crippen LogP contribution in [0.2, 0.25) is 0 Å². The van der Waals surface area contributed by atoms with Crippen molar-refractivity contribution in [1.82, 2.24) is 4.90 Å². The van der Waals surface area contributed by atoms with E-state index in [1.165, 1.54) is 86.3 Å². The van der Waals surface area contributed by atoms with Gasteiger partial charge in [-0.05, 0) is 75.5 Å². The van der Waals surface area contributed by atoms with E-state index in [0.717, 1.165) is 24.3 Å². The molecule has 1 aliphatic carbocycles. The van der Waals surface area contributed by atoms with Crippen molar-refractivity contribution in [3.05, 3.63) is 34.6 Å². The second-order valence-electron chi connectivity index (χ2n) is 10.8. The fraction of sp³-hybridized carbons (Fsp3) is 0.742. The van der Waals surface area contributed by atoms with E-state index >= 15 is 0 Å². The van der Waals surface area contributed by atoms with E-state index in [1.54, 1.807) is 15.8 Å². The molecule has 4 heteroatoms. The first-order chi connectivity index (χ1) is 16.8. The summed E-state index contributed by atoms with van der Waals surface area (Å²) in [7, 11) is 4.02. The van der Waals surface area contributed by atoms with Crippen molar-refractivity contribution in [2.75, 3.05) is 20.1 Å². The summed E-state index contributed by atoms with van der Waals surface area (Å²) in [6, 6.07) is 0.538. The summed E-state index contributed by atoms with van der Waals surface area (Å²) in [6.07, 6.45) is 17.1. The van der Waals surface area contributed by atoms with Crippen LogP contribution in [0.5, 0.6) is 0 Å². The smallest absolute Gasteiger partial charge is 0.132 e. The van der Waals surface area contributed by atoms with Crippen LogP contribution in [0.1, 0.15) is 113 Å². The lowest BCUT2D eigenvalue weighted by atomic mass is 9.82. The van der Waals surface area contributed by atoms with Gasteiger partial charge in [-0.3, -0.25) is 0 Å². The van der Waals surface area contributed by atoms with E-state index in [2.05, 4.69) is 58.7 Å². The topological polar surface area (TPSA) is 27.9 Å². The molecule has 2 unspecified atom stereocenters. The van der Waals surface area contributed by atoms with Crippen LogP contribution in [-0.4, -0.2) is 46.2 Å². The monoisotopic (exact) mass is 503 g/mol. The Kier molecular flexibility index (Phi) is 13.1. The van der Waals surface area contributed by atoms with Gasteiger partial charge in [-0.1, -0.05) is 70.9 Å². The first kappa shape index (κ1) is 30.1. The molecule has 3 aliphatic rings. The van der Waals surface area contributed by atoms with E-state index in [1.807, 2.05) is 13.8 Å². The predicted octanol–water partition coefficient (Wildman–Crippen LogP) is 7.13. The third kappa shape index (κ3) is 8.20. The SMILES string of the molecule is CC.CCC/C=C(CC)/C(C)=C/C1=C(C)C(O)=S=C(C2CCC(C)CC2)N1C1CCC[NH+](C)CC1. The Labute approximate surface area is 220 Å². The summed E-state index contributed by atoms with van der Waals surface area (Å²) in [5, 5.41) is 11.6. The number of nitrogens with one attached hydrogen (secondary N) is 1. The minimum atomic E-state index is 0.519. The van der Waals surface area contributed by atoms with Gasteiger partial charge in [-0.25, -0.2) is 0 Å². The minimum absolute atomic E-state index is 0.519. The van der Waals surface area contributed by atoms with Gasteiger partial charge in [0.25, 0.3) is 0 Å². The van der Waals surface area contributed by atoms with Crippen molar-refractivity contribution < 1.29 is 10.0 Å². The third-order valence-electron chi connectivity index (χ3n) is 8.10. The van der Waals surface area contributed by atoms with E-state index in [4.69, 9.17) is 0 Å². The van der Waals surface area contributed by atoms with Crippen LogP contribution in [0.15, 0.2) is 34.6 Å². The second-order valence-corrected chi connectivity index (χ2v) is 11.8. The number of hydrogen-bond donors (Lipinski definition) is 2. The first-order valence-corrected chi connectivity index (χ1v) is 15.5. The molecule has 2 N–H and O–H groups in total. The molecular weight excluding hydrogens is 448 g/mol. The lowest BCUT2D eigenvalue weighted by Gasteiger charge is -2.41. The largest absolute Gasteiger partial charge is 0.351 e. The molecule has 3 nitrogen and oxygen atoms in total. The molecule has 200 valence electrons. The highest BCUT2D eigenvalue weighted by Crippen LogP contribution is 2.36.